The molecule has 1 aliphatic heterocycles. The fraction of sp³-hybridized carbons (Fsp3) is 0.486. The number of phenolic OH excluding ortho intramolecular Hbond substituents is 2. The number of hydrogen-bond donors (Lipinski definition) is 9. The second kappa shape index (κ2) is 17.8. The second-order valence-electron chi connectivity index (χ2n) is 11.9. The Balaban J connectivity index is 1.65. The van der Waals surface area contributed by atoms with Crippen molar-refractivity contribution in [1.82, 2.24) is 0 Å². The fourth-order valence-corrected chi connectivity index (χ4v) is 5.96. The Morgan fingerprint density at radius 2 is 1.28 bits per heavy atom. The highest BCUT2D eigenvalue weighted by Gasteiger charge is 2.46. The maximum atomic E-state index is 10.7. The molecule has 50 heavy (non-hydrogen) atoms. The number of aliphatic hydroxyl groups is 7. The summed E-state index contributed by atoms with van der Waals surface area (Å²) in [5, 5.41) is 92.5. The highest BCUT2D eigenvalue weighted by atomic mass is 16.7. The Bertz CT molecular complexity index is 1520. The van der Waals surface area contributed by atoms with E-state index < -0.39 is 68.0 Å². The lowest BCUT2D eigenvalue weighted by atomic mass is 9.83. The van der Waals surface area contributed by atoms with Crippen LogP contribution in [0.1, 0.15) is 28.7 Å². The van der Waals surface area contributed by atoms with Crippen molar-refractivity contribution in [2.24, 2.45) is 5.92 Å². The quantitative estimate of drug-likeness (QED) is 0.0921. The van der Waals surface area contributed by atoms with Crippen LogP contribution in [0.25, 0.3) is 0 Å². The van der Waals surface area contributed by atoms with Crippen molar-refractivity contribution in [2.75, 3.05) is 47.8 Å². The molecule has 15 heteroatoms. The Morgan fingerprint density at radius 3 is 1.88 bits per heavy atom. The van der Waals surface area contributed by atoms with Crippen molar-refractivity contribution in [3.05, 3.63) is 71.3 Å². The fourth-order valence-electron chi connectivity index (χ4n) is 5.96. The summed E-state index contributed by atoms with van der Waals surface area (Å²) in [5.74, 6) is -0.530. The third-order valence-electron chi connectivity index (χ3n) is 8.82. The molecule has 4 rings (SSSR count). The van der Waals surface area contributed by atoms with Crippen molar-refractivity contribution in [1.29, 1.82) is 0 Å². The summed E-state index contributed by atoms with van der Waals surface area (Å²) in [4.78, 5) is 0. The molecule has 0 spiro atoms. The number of rotatable bonds is 17. The lowest BCUT2D eigenvalue weighted by molar-refractivity contribution is -0.318. The zero-order chi connectivity index (χ0) is 36.5. The number of hydrogen-bond acceptors (Lipinski definition) is 15. The van der Waals surface area contributed by atoms with Gasteiger partial charge in [0, 0.05) is 12.5 Å². The van der Waals surface area contributed by atoms with Gasteiger partial charge in [-0.1, -0.05) is 18.2 Å². The van der Waals surface area contributed by atoms with Crippen LogP contribution in [0.3, 0.4) is 0 Å². The molecule has 1 saturated heterocycles. The molecule has 9 unspecified atom stereocenters. The third-order valence-corrected chi connectivity index (χ3v) is 8.82. The highest BCUT2D eigenvalue weighted by molar-refractivity contribution is 5.46. The van der Waals surface area contributed by atoms with E-state index in [-0.39, 0.29) is 47.7 Å². The molecule has 0 bridgehead atoms. The van der Waals surface area contributed by atoms with Gasteiger partial charge in [0.15, 0.2) is 46.9 Å². The maximum absolute atomic E-state index is 10.7. The van der Waals surface area contributed by atoms with Gasteiger partial charge in [0.2, 0.25) is 0 Å². The van der Waals surface area contributed by atoms with Crippen molar-refractivity contribution >= 4 is 0 Å². The minimum absolute atomic E-state index is 0.0256. The molecule has 0 radical (unpaired) electrons. The number of aromatic hydroxyl groups is 2. The van der Waals surface area contributed by atoms with Gasteiger partial charge in [-0.15, -0.1) is 0 Å². The van der Waals surface area contributed by atoms with E-state index in [0.29, 0.717) is 17.5 Å². The van der Waals surface area contributed by atoms with E-state index in [1.165, 1.54) is 45.6 Å². The summed E-state index contributed by atoms with van der Waals surface area (Å²) in [6, 6.07) is 13.9. The Morgan fingerprint density at radius 1 is 0.660 bits per heavy atom. The highest BCUT2D eigenvalue weighted by Crippen LogP contribution is 2.39. The standard InChI is InChI=1S/C35H46O15/c1-45-26-11-18(4-7-23(26)40)10-21(14-36)22(15-37)19-6-9-25(28(12-19)47-3)48-30(17-39)34(20-5-8-24(41)27(13-20)46-2)50-35-33(44)32(43)31(42)29(16-38)49-35/h4-9,11-13,21-22,29-44H,10,14-17H2,1-3H3. The number of aliphatic hydroxyl groups excluding tert-OH is 7. The smallest absolute Gasteiger partial charge is 0.187 e. The normalized spacial score (nSPS) is 23.0. The SMILES string of the molecule is COc1cc(CC(CO)C(CO)c2ccc(OC(CO)C(OC3OC(CO)C(O)C(O)C3O)c3ccc(O)c(OC)c3)c(OC)c2)ccc1O. The lowest BCUT2D eigenvalue weighted by Gasteiger charge is -2.41. The van der Waals surface area contributed by atoms with Crippen LogP contribution >= 0.6 is 0 Å². The zero-order valence-corrected chi connectivity index (χ0v) is 27.9. The summed E-state index contributed by atoms with van der Waals surface area (Å²) in [7, 11) is 4.16. The van der Waals surface area contributed by atoms with Gasteiger partial charge < -0.3 is 74.4 Å². The van der Waals surface area contributed by atoms with E-state index in [2.05, 4.69) is 0 Å². The van der Waals surface area contributed by atoms with Crippen LogP contribution in [0.2, 0.25) is 0 Å². The third kappa shape index (κ3) is 8.69. The van der Waals surface area contributed by atoms with Crippen LogP contribution in [-0.2, 0) is 15.9 Å². The molecule has 3 aromatic carbocycles. The zero-order valence-electron chi connectivity index (χ0n) is 27.9. The molecular formula is C35H46O15. The molecule has 3 aromatic rings. The predicted molar refractivity (Wildman–Crippen MR) is 176 cm³/mol. The van der Waals surface area contributed by atoms with Crippen molar-refractivity contribution in [3.63, 3.8) is 0 Å². The van der Waals surface area contributed by atoms with Crippen LogP contribution in [0.5, 0.6) is 34.5 Å². The van der Waals surface area contributed by atoms with E-state index in [0.717, 1.165) is 5.56 Å². The van der Waals surface area contributed by atoms with Crippen molar-refractivity contribution in [3.8, 4) is 34.5 Å². The molecule has 1 heterocycles. The van der Waals surface area contributed by atoms with Gasteiger partial charge in [0.1, 0.15) is 30.5 Å². The first-order chi connectivity index (χ1) is 24.0. The maximum Gasteiger partial charge on any atom is 0.187 e. The molecule has 1 aliphatic rings. The molecule has 0 aliphatic carbocycles. The predicted octanol–water partition coefficient (Wildman–Crippen LogP) is 0.348. The first-order valence-corrected chi connectivity index (χ1v) is 15.9. The molecule has 15 nitrogen and oxygen atoms in total. The molecule has 0 aromatic heterocycles. The number of methoxy groups -OCH3 is 3. The van der Waals surface area contributed by atoms with Gasteiger partial charge in [0.25, 0.3) is 0 Å². The largest absolute Gasteiger partial charge is 0.504 e. The van der Waals surface area contributed by atoms with Crippen LogP contribution in [0.4, 0.5) is 0 Å². The average molecular weight is 707 g/mol. The average Bonchev–Trinajstić information content (AvgIpc) is 3.13. The van der Waals surface area contributed by atoms with Crippen LogP contribution in [-0.4, -0.2) is 131 Å². The monoisotopic (exact) mass is 706 g/mol. The van der Waals surface area contributed by atoms with Gasteiger partial charge >= 0.3 is 0 Å². The summed E-state index contributed by atoms with van der Waals surface area (Å²) in [6.07, 6.45) is -10.2. The van der Waals surface area contributed by atoms with E-state index in [1.54, 1.807) is 30.3 Å². The molecule has 276 valence electrons. The number of benzene rings is 3. The Labute approximate surface area is 289 Å². The summed E-state index contributed by atoms with van der Waals surface area (Å²) in [5.41, 5.74) is 1.67. The Kier molecular flexibility index (Phi) is 13.9. The number of phenols is 2. The van der Waals surface area contributed by atoms with Crippen molar-refractivity contribution < 1.29 is 74.4 Å². The molecule has 0 saturated carbocycles. The topological polar surface area (TPSA) is 237 Å². The van der Waals surface area contributed by atoms with Gasteiger partial charge in [-0.05, 0) is 65.4 Å². The molecule has 9 N–H and O–H groups in total. The summed E-state index contributed by atoms with van der Waals surface area (Å²) < 4.78 is 33.9. The van der Waals surface area contributed by atoms with Gasteiger partial charge in [-0.3, -0.25) is 0 Å². The van der Waals surface area contributed by atoms with Gasteiger partial charge in [-0.25, -0.2) is 0 Å². The summed E-state index contributed by atoms with van der Waals surface area (Å²) >= 11 is 0. The Hall–Kier alpha value is -3.90. The molecular weight excluding hydrogens is 660 g/mol. The summed E-state index contributed by atoms with van der Waals surface area (Å²) in [6.45, 7) is -1.95. The van der Waals surface area contributed by atoms with E-state index in [4.69, 9.17) is 28.4 Å². The first kappa shape index (κ1) is 38.9. The van der Waals surface area contributed by atoms with E-state index in [9.17, 15) is 46.0 Å². The van der Waals surface area contributed by atoms with Gasteiger partial charge in [-0.2, -0.15) is 0 Å². The van der Waals surface area contributed by atoms with E-state index >= 15 is 0 Å². The first-order valence-electron chi connectivity index (χ1n) is 15.9. The van der Waals surface area contributed by atoms with Crippen LogP contribution < -0.4 is 18.9 Å². The second-order valence-corrected chi connectivity index (χ2v) is 11.9. The minimum atomic E-state index is -1.76. The molecule has 1 fully saturated rings. The van der Waals surface area contributed by atoms with E-state index in [1.807, 2.05) is 0 Å². The van der Waals surface area contributed by atoms with Gasteiger partial charge in [0.05, 0.1) is 41.2 Å². The molecule has 0 amide bonds. The lowest BCUT2D eigenvalue weighted by Crippen LogP contribution is -2.59. The molecule has 9 atom stereocenters. The van der Waals surface area contributed by atoms with Crippen LogP contribution in [0.15, 0.2) is 54.6 Å². The van der Waals surface area contributed by atoms with Crippen molar-refractivity contribution in [2.45, 2.75) is 55.3 Å². The minimum Gasteiger partial charge on any atom is -0.504 e. The van der Waals surface area contributed by atoms with Crippen LogP contribution in [0, 0.1) is 5.92 Å². The number of ether oxygens (including phenoxy) is 6.